The highest BCUT2D eigenvalue weighted by Crippen LogP contribution is 2.33. The second-order valence-electron chi connectivity index (χ2n) is 5.81. The molecule has 2 saturated heterocycles. The summed E-state index contributed by atoms with van der Waals surface area (Å²) in [5.41, 5.74) is 0.840. The van der Waals surface area contributed by atoms with E-state index in [1.54, 1.807) is 0 Å². The van der Waals surface area contributed by atoms with Gasteiger partial charge in [-0.1, -0.05) is 26.0 Å². The van der Waals surface area contributed by atoms with Gasteiger partial charge < -0.3 is 10.1 Å². The fourth-order valence-corrected chi connectivity index (χ4v) is 2.81. The minimum Gasteiger partial charge on any atom is -0.460 e. The van der Waals surface area contributed by atoms with Gasteiger partial charge in [-0.15, -0.1) is 0 Å². The van der Waals surface area contributed by atoms with Crippen LogP contribution in [-0.4, -0.2) is 24.0 Å². The SMILES string of the molecule is C=C(C)[C@@H]1C[C@@H]([C@@H]2C[C@@H](C(C)C)C(=O)N2)OC1=O. The first kappa shape index (κ1) is 13.1. The van der Waals surface area contributed by atoms with Crippen molar-refractivity contribution < 1.29 is 14.3 Å². The monoisotopic (exact) mass is 251 g/mol. The minimum atomic E-state index is -0.204. The number of hydrogen-bond acceptors (Lipinski definition) is 3. The number of carbonyl (C=O) groups excluding carboxylic acids is 2. The molecule has 0 aromatic rings. The Morgan fingerprint density at radius 2 is 2.06 bits per heavy atom. The lowest BCUT2D eigenvalue weighted by atomic mass is 9.89. The van der Waals surface area contributed by atoms with Crippen molar-refractivity contribution in [2.75, 3.05) is 0 Å². The average Bonchev–Trinajstić information content (AvgIpc) is 2.81. The summed E-state index contributed by atoms with van der Waals surface area (Å²) in [6, 6.07) is -0.0294. The maximum atomic E-state index is 11.8. The van der Waals surface area contributed by atoms with E-state index in [0.29, 0.717) is 12.3 Å². The normalized spacial score (nSPS) is 35.8. The fourth-order valence-electron chi connectivity index (χ4n) is 2.81. The number of amides is 1. The molecule has 4 atom stereocenters. The van der Waals surface area contributed by atoms with Crippen LogP contribution in [0.25, 0.3) is 0 Å². The zero-order chi connectivity index (χ0) is 13.4. The molecule has 0 aromatic heterocycles. The molecule has 4 nitrogen and oxygen atoms in total. The van der Waals surface area contributed by atoms with Gasteiger partial charge in [-0.2, -0.15) is 0 Å². The Labute approximate surface area is 108 Å². The molecule has 2 aliphatic rings. The van der Waals surface area contributed by atoms with Gasteiger partial charge in [0.1, 0.15) is 6.10 Å². The first-order valence-electron chi connectivity index (χ1n) is 6.56. The molecule has 2 rings (SSSR count). The molecule has 2 fully saturated rings. The largest absolute Gasteiger partial charge is 0.460 e. The Kier molecular flexibility index (Phi) is 3.46. The van der Waals surface area contributed by atoms with Crippen LogP contribution in [0.5, 0.6) is 0 Å². The van der Waals surface area contributed by atoms with Gasteiger partial charge in [0.15, 0.2) is 0 Å². The van der Waals surface area contributed by atoms with Crippen LogP contribution in [0.1, 0.15) is 33.6 Å². The summed E-state index contributed by atoms with van der Waals surface area (Å²) in [5.74, 6) is 0.0474. The fraction of sp³-hybridized carbons (Fsp3) is 0.714. The van der Waals surface area contributed by atoms with Gasteiger partial charge in [0, 0.05) is 12.3 Å². The molecule has 1 N–H and O–H groups in total. The zero-order valence-corrected chi connectivity index (χ0v) is 11.2. The number of rotatable bonds is 3. The molecular formula is C14H21NO3. The van der Waals surface area contributed by atoms with E-state index in [1.165, 1.54) is 0 Å². The van der Waals surface area contributed by atoms with Gasteiger partial charge in [-0.3, -0.25) is 9.59 Å². The van der Waals surface area contributed by atoms with Gasteiger partial charge in [0.05, 0.1) is 12.0 Å². The van der Waals surface area contributed by atoms with Crippen LogP contribution in [0.4, 0.5) is 0 Å². The lowest BCUT2D eigenvalue weighted by Crippen LogP contribution is -2.36. The van der Waals surface area contributed by atoms with Crippen LogP contribution < -0.4 is 5.32 Å². The molecule has 0 bridgehead atoms. The molecule has 0 aromatic carbocycles. The Bertz CT molecular complexity index is 389. The van der Waals surface area contributed by atoms with Gasteiger partial charge in [-0.05, 0) is 19.3 Å². The molecule has 0 unspecified atom stereocenters. The Hall–Kier alpha value is -1.32. The van der Waals surface area contributed by atoms with Crippen LogP contribution in [-0.2, 0) is 14.3 Å². The van der Waals surface area contributed by atoms with Crippen LogP contribution >= 0.6 is 0 Å². The van der Waals surface area contributed by atoms with Crippen molar-refractivity contribution in [2.24, 2.45) is 17.8 Å². The molecule has 2 aliphatic heterocycles. The molecule has 0 aliphatic carbocycles. The Morgan fingerprint density at radius 3 is 2.50 bits per heavy atom. The maximum absolute atomic E-state index is 11.8. The molecule has 18 heavy (non-hydrogen) atoms. The predicted molar refractivity (Wildman–Crippen MR) is 67.7 cm³/mol. The maximum Gasteiger partial charge on any atom is 0.313 e. The first-order chi connectivity index (χ1) is 8.40. The molecule has 0 spiro atoms. The summed E-state index contributed by atoms with van der Waals surface area (Å²) in [4.78, 5) is 23.5. The lowest BCUT2D eigenvalue weighted by molar-refractivity contribution is -0.144. The van der Waals surface area contributed by atoms with E-state index in [9.17, 15) is 9.59 Å². The van der Waals surface area contributed by atoms with E-state index in [4.69, 9.17) is 4.74 Å². The van der Waals surface area contributed by atoms with Crippen LogP contribution in [0.2, 0.25) is 0 Å². The van der Waals surface area contributed by atoms with Crippen LogP contribution in [0.15, 0.2) is 12.2 Å². The van der Waals surface area contributed by atoms with Gasteiger partial charge in [0.2, 0.25) is 5.91 Å². The van der Waals surface area contributed by atoms with Crippen LogP contribution in [0, 0.1) is 17.8 Å². The van der Waals surface area contributed by atoms with Crippen molar-refractivity contribution in [3.8, 4) is 0 Å². The summed E-state index contributed by atoms with van der Waals surface area (Å²) in [7, 11) is 0. The first-order valence-corrected chi connectivity index (χ1v) is 6.56. The second kappa shape index (κ2) is 4.75. The number of hydrogen-bond donors (Lipinski definition) is 1. The summed E-state index contributed by atoms with van der Waals surface area (Å²) in [6.45, 7) is 9.76. The van der Waals surface area contributed by atoms with Crippen molar-refractivity contribution in [3.05, 3.63) is 12.2 Å². The number of esters is 1. The van der Waals surface area contributed by atoms with Gasteiger partial charge in [0.25, 0.3) is 0 Å². The highest BCUT2D eigenvalue weighted by molar-refractivity contribution is 5.82. The molecule has 0 radical (unpaired) electrons. The van der Waals surface area contributed by atoms with E-state index < -0.39 is 0 Å². The van der Waals surface area contributed by atoms with E-state index in [0.717, 1.165) is 12.0 Å². The topological polar surface area (TPSA) is 55.4 Å². The molecule has 100 valence electrons. The van der Waals surface area contributed by atoms with Crippen molar-refractivity contribution in [1.82, 2.24) is 5.32 Å². The third-order valence-corrected chi connectivity index (χ3v) is 4.04. The average molecular weight is 251 g/mol. The standard InChI is InChI=1S/C14H21NO3/c1-7(2)9-5-11(15-13(9)16)12-6-10(8(3)4)14(17)18-12/h7,9-12H,3,5-6H2,1-2,4H3,(H,15,16)/t9-,10-,11-,12-/m0/s1. The third-order valence-electron chi connectivity index (χ3n) is 4.04. The summed E-state index contributed by atoms with van der Waals surface area (Å²) in [5, 5.41) is 2.96. The quantitative estimate of drug-likeness (QED) is 0.613. The van der Waals surface area contributed by atoms with Gasteiger partial charge in [-0.25, -0.2) is 0 Å². The highest BCUT2D eigenvalue weighted by Gasteiger charge is 2.44. The lowest BCUT2D eigenvalue weighted by Gasteiger charge is -2.17. The minimum absolute atomic E-state index is 0.0294. The van der Waals surface area contributed by atoms with Crippen molar-refractivity contribution in [2.45, 2.75) is 45.8 Å². The Morgan fingerprint density at radius 1 is 1.39 bits per heavy atom. The van der Waals surface area contributed by atoms with E-state index in [-0.39, 0.29) is 35.9 Å². The summed E-state index contributed by atoms with van der Waals surface area (Å²) < 4.78 is 5.38. The molecular weight excluding hydrogens is 230 g/mol. The van der Waals surface area contributed by atoms with Crippen molar-refractivity contribution in [3.63, 3.8) is 0 Å². The Balaban J connectivity index is 2.01. The molecule has 1 amide bonds. The third kappa shape index (κ3) is 2.28. The number of ether oxygens (including phenoxy) is 1. The predicted octanol–water partition coefficient (Wildman–Crippen LogP) is 1.65. The molecule has 4 heteroatoms. The number of carbonyl (C=O) groups is 2. The van der Waals surface area contributed by atoms with E-state index in [2.05, 4.69) is 11.9 Å². The van der Waals surface area contributed by atoms with Crippen LogP contribution in [0.3, 0.4) is 0 Å². The summed E-state index contributed by atoms with van der Waals surface area (Å²) in [6.07, 6.45) is 1.22. The molecule has 2 heterocycles. The summed E-state index contributed by atoms with van der Waals surface area (Å²) >= 11 is 0. The van der Waals surface area contributed by atoms with Crippen molar-refractivity contribution >= 4 is 11.9 Å². The van der Waals surface area contributed by atoms with Crippen molar-refractivity contribution in [1.29, 1.82) is 0 Å². The highest BCUT2D eigenvalue weighted by atomic mass is 16.6. The van der Waals surface area contributed by atoms with E-state index in [1.807, 2.05) is 20.8 Å². The smallest absolute Gasteiger partial charge is 0.313 e. The van der Waals surface area contributed by atoms with Gasteiger partial charge >= 0.3 is 5.97 Å². The number of cyclic esters (lactones) is 1. The zero-order valence-electron chi connectivity index (χ0n) is 11.2. The second-order valence-corrected chi connectivity index (χ2v) is 5.81. The number of nitrogens with one attached hydrogen (secondary N) is 1. The van der Waals surface area contributed by atoms with E-state index >= 15 is 0 Å². The molecule has 0 saturated carbocycles.